The largest absolute Gasteiger partial charge is 0.451 e. The normalized spacial score (nSPS) is 17.9. The predicted molar refractivity (Wildman–Crippen MR) is 193 cm³/mol. The molecule has 2 amide bonds. The number of hydrogen-bond acceptors (Lipinski definition) is 6. The van der Waals surface area contributed by atoms with E-state index in [2.05, 4.69) is 41.3 Å². The highest BCUT2D eigenvalue weighted by molar-refractivity contribution is 6.30. The molecule has 49 heavy (non-hydrogen) atoms. The number of nitrogens with zero attached hydrogens (tertiary/aromatic N) is 3. The molecule has 0 bridgehead atoms. The zero-order valence-corrected chi connectivity index (χ0v) is 29.6. The number of amides is 2. The molecular weight excluding hydrogens is 638 g/mol. The zero-order chi connectivity index (χ0) is 34.6. The first-order valence-corrected chi connectivity index (χ1v) is 18.0. The smallest absolute Gasteiger partial charge is 0.287 e. The molecule has 1 saturated heterocycles. The highest BCUT2D eigenvalue weighted by Crippen LogP contribution is 2.46. The molecule has 2 aliphatic rings. The average molecular weight is 686 g/mol. The summed E-state index contributed by atoms with van der Waals surface area (Å²) in [7, 11) is 0. The summed E-state index contributed by atoms with van der Waals surface area (Å²) in [4.78, 5) is 47.1. The van der Waals surface area contributed by atoms with Crippen molar-refractivity contribution < 1.29 is 14.0 Å². The van der Waals surface area contributed by atoms with E-state index >= 15 is 0 Å². The Morgan fingerprint density at radius 3 is 2.45 bits per heavy atom. The Balaban J connectivity index is 1.15. The number of rotatable bonds is 10. The van der Waals surface area contributed by atoms with E-state index in [0.29, 0.717) is 34.8 Å². The number of likely N-dealkylation sites (tertiary alicyclic amines) is 1. The number of fused-ring (bicyclic) bond motifs is 1. The van der Waals surface area contributed by atoms with Crippen molar-refractivity contribution in [2.75, 3.05) is 19.6 Å². The molecule has 2 fully saturated rings. The molecular formula is C39H48ClN5O4. The van der Waals surface area contributed by atoms with Crippen LogP contribution in [0.4, 0.5) is 0 Å². The van der Waals surface area contributed by atoms with Gasteiger partial charge in [0, 0.05) is 47.3 Å². The quantitative estimate of drug-likeness (QED) is 0.187. The van der Waals surface area contributed by atoms with Gasteiger partial charge in [0.25, 0.3) is 5.91 Å². The highest BCUT2D eigenvalue weighted by Gasteiger charge is 2.48. The van der Waals surface area contributed by atoms with Crippen molar-refractivity contribution in [3.8, 4) is 5.69 Å². The van der Waals surface area contributed by atoms with Gasteiger partial charge < -0.3 is 24.5 Å². The lowest BCUT2D eigenvalue weighted by Gasteiger charge is -2.47. The van der Waals surface area contributed by atoms with Crippen molar-refractivity contribution in [2.45, 2.75) is 90.1 Å². The standard InChI is InChI=1S/C39H48ClN5O4/c1-38(2,3)43-37(48)39(28-7-5-4-6-8-28)16-20-44(21-17-39)19-15-30(23-27-9-11-29(40)12-10-27)42-36(47)35-25-33(46)32-24-31(13-14-34(32)49-35)45-22-18-41-26-45/h9-14,18,22,24-26,28,30H,4-8,15-17,19-21,23H2,1-3H3,(H,42,47)(H,43,48)/t30-/m1/s1. The Morgan fingerprint density at radius 1 is 1.04 bits per heavy atom. The molecule has 0 unspecified atom stereocenters. The Morgan fingerprint density at radius 2 is 1.78 bits per heavy atom. The molecule has 10 heteroatoms. The third-order valence-corrected chi connectivity index (χ3v) is 10.6. The minimum atomic E-state index is -0.425. The maximum atomic E-state index is 13.8. The Kier molecular flexibility index (Phi) is 10.6. The minimum absolute atomic E-state index is 0.0194. The number of hydrogen-bond donors (Lipinski definition) is 2. The van der Waals surface area contributed by atoms with Crippen molar-refractivity contribution >= 4 is 34.4 Å². The first-order valence-electron chi connectivity index (χ1n) is 17.7. The summed E-state index contributed by atoms with van der Waals surface area (Å²) in [5.41, 5.74) is 1.30. The summed E-state index contributed by atoms with van der Waals surface area (Å²) in [6.07, 6.45) is 14.0. The van der Waals surface area contributed by atoms with Gasteiger partial charge in [-0.15, -0.1) is 0 Å². The number of halogens is 1. The van der Waals surface area contributed by atoms with Crippen LogP contribution in [0.15, 0.2) is 76.5 Å². The minimum Gasteiger partial charge on any atom is -0.451 e. The van der Waals surface area contributed by atoms with Gasteiger partial charge in [0.05, 0.1) is 17.1 Å². The van der Waals surface area contributed by atoms with E-state index in [1.54, 1.807) is 35.4 Å². The highest BCUT2D eigenvalue weighted by atomic mass is 35.5. The van der Waals surface area contributed by atoms with E-state index in [9.17, 15) is 14.4 Å². The van der Waals surface area contributed by atoms with Gasteiger partial charge in [-0.1, -0.05) is 43.0 Å². The van der Waals surface area contributed by atoms with E-state index in [1.165, 1.54) is 25.3 Å². The molecule has 2 N–H and O–H groups in total. The summed E-state index contributed by atoms with van der Waals surface area (Å²) in [5, 5.41) is 7.55. The van der Waals surface area contributed by atoms with Crippen LogP contribution in [0.1, 0.15) is 88.3 Å². The van der Waals surface area contributed by atoms with Crippen LogP contribution >= 0.6 is 11.6 Å². The third kappa shape index (κ3) is 8.44. The fourth-order valence-electron chi connectivity index (χ4n) is 7.67. The lowest BCUT2D eigenvalue weighted by atomic mass is 9.63. The number of benzene rings is 2. The van der Waals surface area contributed by atoms with Gasteiger partial charge in [-0.25, -0.2) is 4.98 Å². The van der Waals surface area contributed by atoms with E-state index in [1.807, 2.05) is 30.3 Å². The van der Waals surface area contributed by atoms with Gasteiger partial charge in [0.15, 0.2) is 11.2 Å². The number of carbonyl (C=O) groups is 2. The van der Waals surface area contributed by atoms with E-state index < -0.39 is 5.91 Å². The molecule has 0 spiro atoms. The van der Waals surface area contributed by atoms with Crippen LogP contribution in [0.3, 0.4) is 0 Å². The second-order valence-electron chi connectivity index (χ2n) is 15.0. The SMILES string of the molecule is CC(C)(C)NC(=O)C1(C2CCCCC2)CCN(CC[C@H](Cc2ccc(Cl)cc2)NC(=O)c2cc(=O)c3cc(-n4ccnc4)ccc3o2)CC1. The van der Waals surface area contributed by atoms with Crippen molar-refractivity contribution in [2.24, 2.45) is 11.3 Å². The van der Waals surface area contributed by atoms with Gasteiger partial charge >= 0.3 is 0 Å². The monoisotopic (exact) mass is 685 g/mol. The maximum absolute atomic E-state index is 13.8. The second-order valence-corrected chi connectivity index (χ2v) is 15.4. The van der Waals surface area contributed by atoms with Gasteiger partial charge in [0.1, 0.15) is 5.58 Å². The van der Waals surface area contributed by atoms with Crippen LogP contribution in [0.25, 0.3) is 16.7 Å². The van der Waals surface area contributed by atoms with Crippen LogP contribution in [-0.4, -0.2) is 57.5 Å². The van der Waals surface area contributed by atoms with Crippen LogP contribution in [-0.2, 0) is 11.2 Å². The molecule has 3 heterocycles. The molecule has 1 aliphatic heterocycles. The Bertz CT molecular complexity index is 1800. The zero-order valence-electron chi connectivity index (χ0n) is 28.8. The van der Waals surface area contributed by atoms with Crippen molar-refractivity contribution in [3.05, 3.63) is 93.8 Å². The Hall–Kier alpha value is -3.95. The first-order chi connectivity index (χ1) is 23.5. The molecule has 6 rings (SSSR count). The summed E-state index contributed by atoms with van der Waals surface area (Å²) in [6, 6.07) is 14.0. The van der Waals surface area contributed by atoms with Gasteiger partial charge in [-0.2, -0.15) is 0 Å². The van der Waals surface area contributed by atoms with E-state index in [4.69, 9.17) is 16.0 Å². The maximum Gasteiger partial charge on any atom is 0.287 e. The predicted octanol–water partition coefficient (Wildman–Crippen LogP) is 6.94. The number of carbonyl (C=O) groups excluding carboxylic acids is 2. The Labute approximate surface area is 293 Å². The van der Waals surface area contributed by atoms with Crippen LogP contribution in [0.2, 0.25) is 5.02 Å². The van der Waals surface area contributed by atoms with Crippen molar-refractivity contribution in [3.63, 3.8) is 0 Å². The van der Waals surface area contributed by atoms with E-state index in [-0.39, 0.29) is 34.1 Å². The molecule has 1 atom stereocenters. The summed E-state index contributed by atoms with van der Waals surface area (Å²) in [5.74, 6) is 0.200. The van der Waals surface area contributed by atoms with Gasteiger partial charge in [-0.3, -0.25) is 14.4 Å². The lowest BCUT2D eigenvalue weighted by molar-refractivity contribution is -0.141. The topological polar surface area (TPSA) is 109 Å². The molecule has 2 aromatic carbocycles. The van der Waals surface area contributed by atoms with Crippen molar-refractivity contribution in [1.29, 1.82) is 0 Å². The molecule has 9 nitrogen and oxygen atoms in total. The number of aromatic nitrogens is 2. The first kappa shape index (κ1) is 34.9. The van der Waals surface area contributed by atoms with Crippen LogP contribution in [0.5, 0.6) is 0 Å². The van der Waals surface area contributed by atoms with E-state index in [0.717, 1.165) is 56.6 Å². The fraction of sp³-hybridized carbons (Fsp3) is 0.487. The summed E-state index contributed by atoms with van der Waals surface area (Å²) in [6.45, 7) is 8.65. The lowest BCUT2D eigenvalue weighted by Crippen LogP contribution is -2.56. The number of piperidine rings is 1. The van der Waals surface area contributed by atoms with Crippen LogP contribution < -0.4 is 16.1 Å². The molecule has 4 aromatic rings. The summed E-state index contributed by atoms with van der Waals surface area (Å²) >= 11 is 6.16. The van der Waals surface area contributed by atoms with Crippen LogP contribution in [0, 0.1) is 11.3 Å². The average Bonchev–Trinajstić information content (AvgIpc) is 3.63. The molecule has 0 radical (unpaired) electrons. The number of imidazole rings is 1. The second kappa shape index (κ2) is 14.9. The molecule has 1 aliphatic carbocycles. The fourth-order valence-corrected chi connectivity index (χ4v) is 7.80. The van der Waals surface area contributed by atoms with Crippen molar-refractivity contribution in [1.82, 2.24) is 25.1 Å². The number of nitrogens with one attached hydrogen (secondary N) is 2. The molecule has 2 aromatic heterocycles. The third-order valence-electron chi connectivity index (χ3n) is 10.3. The van der Waals surface area contributed by atoms with Gasteiger partial charge in [0.2, 0.25) is 5.91 Å². The van der Waals surface area contributed by atoms with Gasteiger partial charge in [-0.05, 0) is 114 Å². The molecule has 1 saturated carbocycles. The molecule has 260 valence electrons. The summed E-state index contributed by atoms with van der Waals surface area (Å²) < 4.78 is 7.78.